The Morgan fingerprint density at radius 3 is 2.85 bits per heavy atom. The third kappa shape index (κ3) is 3.57. The van der Waals surface area contributed by atoms with Crippen LogP contribution in [0.25, 0.3) is 0 Å². The second-order valence-electron chi connectivity index (χ2n) is 4.63. The lowest BCUT2D eigenvalue weighted by Crippen LogP contribution is -2.28. The molecular formula is C14H19N5O. The molecule has 106 valence electrons. The van der Waals surface area contributed by atoms with Crippen molar-refractivity contribution < 1.29 is 4.79 Å². The molecule has 6 heteroatoms. The average molecular weight is 273 g/mol. The van der Waals surface area contributed by atoms with E-state index in [1.54, 1.807) is 4.68 Å². The topological polar surface area (TPSA) is 71.8 Å². The minimum Gasteiger partial charge on any atom is -0.334 e. The Morgan fingerprint density at radius 1 is 1.40 bits per heavy atom. The summed E-state index contributed by atoms with van der Waals surface area (Å²) in [5.41, 5.74) is 2.23. The van der Waals surface area contributed by atoms with Gasteiger partial charge in [-0.05, 0) is 12.5 Å². The molecule has 20 heavy (non-hydrogen) atoms. The van der Waals surface area contributed by atoms with E-state index >= 15 is 0 Å². The summed E-state index contributed by atoms with van der Waals surface area (Å²) in [4.78, 5) is 16.0. The third-order valence-electron chi connectivity index (χ3n) is 2.93. The monoisotopic (exact) mass is 273 g/mol. The third-order valence-corrected chi connectivity index (χ3v) is 2.93. The zero-order valence-electron chi connectivity index (χ0n) is 12.0. The van der Waals surface area contributed by atoms with Gasteiger partial charge in [-0.25, -0.2) is 4.79 Å². The maximum Gasteiger partial charge on any atom is 0.321 e. The summed E-state index contributed by atoms with van der Waals surface area (Å²) in [6.07, 6.45) is 0.774. The largest absolute Gasteiger partial charge is 0.334 e. The van der Waals surface area contributed by atoms with E-state index in [9.17, 15) is 4.79 Å². The molecule has 0 aliphatic rings. The number of nitrogens with one attached hydrogen (secondary N) is 2. The van der Waals surface area contributed by atoms with Crippen LogP contribution in [0.15, 0.2) is 24.3 Å². The SMILES string of the molecule is CCc1nc(NC(=O)NCc2cccc(C)c2)nn1C. The highest BCUT2D eigenvalue weighted by Gasteiger charge is 2.08. The minimum atomic E-state index is -0.306. The number of urea groups is 1. The predicted octanol–water partition coefficient (Wildman–Crippen LogP) is 2.01. The van der Waals surface area contributed by atoms with Crippen molar-refractivity contribution >= 4 is 12.0 Å². The van der Waals surface area contributed by atoms with Crippen molar-refractivity contribution in [2.45, 2.75) is 26.8 Å². The van der Waals surface area contributed by atoms with Gasteiger partial charge < -0.3 is 5.32 Å². The van der Waals surface area contributed by atoms with Gasteiger partial charge in [0.1, 0.15) is 5.82 Å². The van der Waals surface area contributed by atoms with Crippen LogP contribution in [0.2, 0.25) is 0 Å². The number of carbonyl (C=O) groups is 1. The molecule has 1 heterocycles. The maximum atomic E-state index is 11.8. The van der Waals surface area contributed by atoms with Crippen molar-refractivity contribution in [2.24, 2.45) is 7.05 Å². The first-order valence-corrected chi connectivity index (χ1v) is 6.58. The number of rotatable bonds is 4. The summed E-state index contributed by atoms with van der Waals surface area (Å²) in [6, 6.07) is 7.70. The molecule has 0 atom stereocenters. The molecule has 0 aliphatic heterocycles. The first kappa shape index (κ1) is 14.0. The van der Waals surface area contributed by atoms with Gasteiger partial charge in [0.15, 0.2) is 0 Å². The summed E-state index contributed by atoms with van der Waals surface area (Å²) in [7, 11) is 1.81. The van der Waals surface area contributed by atoms with Crippen LogP contribution in [0.4, 0.5) is 10.7 Å². The lowest BCUT2D eigenvalue weighted by molar-refractivity contribution is 0.251. The van der Waals surface area contributed by atoms with Gasteiger partial charge in [0.2, 0.25) is 5.95 Å². The van der Waals surface area contributed by atoms with Crippen LogP contribution < -0.4 is 10.6 Å². The smallest absolute Gasteiger partial charge is 0.321 e. The number of amides is 2. The van der Waals surface area contributed by atoms with Crippen molar-refractivity contribution in [1.29, 1.82) is 0 Å². The van der Waals surface area contributed by atoms with E-state index in [1.807, 2.05) is 45.2 Å². The van der Waals surface area contributed by atoms with Gasteiger partial charge in [-0.1, -0.05) is 36.8 Å². The molecule has 2 amide bonds. The zero-order valence-corrected chi connectivity index (χ0v) is 12.0. The molecule has 1 aromatic carbocycles. The van der Waals surface area contributed by atoms with Gasteiger partial charge in [0, 0.05) is 20.0 Å². The van der Waals surface area contributed by atoms with E-state index < -0.39 is 0 Å². The summed E-state index contributed by atoms with van der Waals surface area (Å²) in [6.45, 7) is 4.49. The molecular weight excluding hydrogens is 254 g/mol. The van der Waals surface area contributed by atoms with Crippen LogP contribution in [-0.2, 0) is 20.0 Å². The highest BCUT2D eigenvalue weighted by molar-refractivity contribution is 5.87. The maximum absolute atomic E-state index is 11.8. The van der Waals surface area contributed by atoms with Gasteiger partial charge in [-0.15, -0.1) is 5.10 Å². The molecule has 6 nitrogen and oxygen atoms in total. The van der Waals surface area contributed by atoms with Gasteiger partial charge >= 0.3 is 6.03 Å². The molecule has 0 radical (unpaired) electrons. The molecule has 0 fully saturated rings. The van der Waals surface area contributed by atoms with Crippen LogP contribution in [0.1, 0.15) is 23.9 Å². The predicted molar refractivity (Wildman–Crippen MR) is 77.4 cm³/mol. The van der Waals surface area contributed by atoms with E-state index in [0.29, 0.717) is 12.5 Å². The fraction of sp³-hybridized carbons (Fsp3) is 0.357. The van der Waals surface area contributed by atoms with Crippen LogP contribution in [0.3, 0.4) is 0 Å². The zero-order chi connectivity index (χ0) is 14.5. The number of aryl methyl sites for hydroxylation is 3. The second-order valence-corrected chi connectivity index (χ2v) is 4.63. The Kier molecular flexibility index (Phi) is 4.34. The molecule has 2 N–H and O–H groups in total. The summed E-state index contributed by atoms with van der Waals surface area (Å²) < 4.78 is 1.66. The van der Waals surface area contributed by atoms with Crippen LogP contribution in [0, 0.1) is 6.92 Å². The van der Waals surface area contributed by atoms with Crippen molar-refractivity contribution in [3.8, 4) is 0 Å². The standard InChI is InChI=1S/C14H19N5O/c1-4-12-16-13(18-19(12)3)17-14(20)15-9-11-7-5-6-10(2)8-11/h5-8H,4,9H2,1-3H3,(H2,15,17,18,20). The first-order chi connectivity index (χ1) is 9.58. The second kappa shape index (κ2) is 6.18. The summed E-state index contributed by atoms with van der Waals surface area (Å²) >= 11 is 0. The van der Waals surface area contributed by atoms with Crippen molar-refractivity contribution in [1.82, 2.24) is 20.1 Å². The van der Waals surface area contributed by atoms with Crippen molar-refractivity contribution in [2.75, 3.05) is 5.32 Å². The Hall–Kier alpha value is -2.37. The van der Waals surface area contributed by atoms with Gasteiger partial charge in [-0.3, -0.25) is 10.00 Å². The highest BCUT2D eigenvalue weighted by atomic mass is 16.2. The molecule has 0 saturated carbocycles. The van der Waals surface area contributed by atoms with Gasteiger partial charge in [0.05, 0.1) is 0 Å². The molecule has 0 bridgehead atoms. The molecule has 2 rings (SSSR count). The Balaban J connectivity index is 1.89. The minimum absolute atomic E-state index is 0.306. The Labute approximate surface area is 118 Å². The van der Waals surface area contributed by atoms with E-state index in [0.717, 1.165) is 17.8 Å². The van der Waals surface area contributed by atoms with Crippen LogP contribution in [0.5, 0.6) is 0 Å². The van der Waals surface area contributed by atoms with Crippen LogP contribution in [-0.4, -0.2) is 20.8 Å². The number of nitrogens with zero attached hydrogens (tertiary/aromatic N) is 3. The molecule has 0 aliphatic carbocycles. The number of hydrogen-bond donors (Lipinski definition) is 2. The fourth-order valence-electron chi connectivity index (χ4n) is 1.93. The van der Waals surface area contributed by atoms with Crippen molar-refractivity contribution in [3.63, 3.8) is 0 Å². The van der Waals surface area contributed by atoms with Crippen LogP contribution >= 0.6 is 0 Å². The summed E-state index contributed by atoms with van der Waals surface area (Å²) in [5.74, 6) is 1.16. The quantitative estimate of drug-likeness (QED) is 0.895. The lowest BCUT2D eigenvalue weighted by Gasteiger charge is -2.05. The van der Waals surface area contributed by atoms with Gasteiger partial charge in [0.25, 0.3) is 0 Å². The van der Waals surface area contributed by atoms with E-state index in [-0.39, 0.29) is 6.03 Å². The van der Waals surface area contributed by atoms with E-state index in [2.05, 4.69) is 20.7 Å². The number of hydrogen-bond acceptors (Lipinski definition) is 3. The molecule has 0 unspecified atom stereocenters. The summed E-state index contributed by atoms with van der Waals surface area (Å²) in [5, 5.41) is 9.54. The molecule has 1 aromatic heterocycles. The van der Waals surface area contributed by atoms with E-state index in [4.69, 9.17) is 0 Å². The fourth-order valence-corrected chi connectivity index (χ4v) is 1.93. The average Bonchev–Trinajstić information content (AvgIpc) is 2.76. The number of benzene rings is 1. The molecule has 0 saturated heterocycles. The number of aromatic nitrogens is 3. The molecule has 0 spiro atoms. The number of carbonyl (C=O) groups excluding carboxylic acids is 1. The van der Waals surface area contributed by atoms with E-state index in [1.165, 1.54) is 5.56 Å². The van der Waals surface area contributed by atoms with Crippen molar-refractivity contribution in [3.05, 3.63) is 41.2 Å². The molecule has 2 aromatic rings. The lowest BCUT2D eigenvalue weighted by atomic mass is 10.1. The Bertz CT molecular complexity index is 605. The Morgan fingerprint density at radius 2 is 2.20 bits per heavy atom. The van der Waals surface area contributed by atoms with Gasteiger partial charge in [-0.2, -0.15) is 4.98 Å². The normalized spacial score (nSPS) is 10.3. The highest BCUT2D eigenvalue weighted by Crippen LogP contribution is 2.04. The first-order valence-electron chi connectivity index (χ1n) is 6.58. The number of anilines is 1.